The van der Waals surface area contributed by atoms with Gasteiger partial charge < -0.3 is 10.1 Å². The van der Waals surface area contributed by atoms with Gasteiger partial charge in [-0.05, 0) is 23.8 Å². The zero-order valence-corrected chi connectivity index (χ0v) is 17.4. The Morgan fingerprint density at radius 2 is 1.77 bits per heavy atom. The average molecular weight is 433 g/mol. The zero-order chi connectivity index (χ0) is 20.3. The van der Waals surface area contributed by atoms with E-state index in [0.717, 1.165) is 22.6 Å². The topological polar surface area (TPSA) is 59.9 Å². The van der Waals surface area contributed by atoms with Crippen LogP contribution >= 0.6 is 23.4 Å². The quantitative estimate of drug-likeness (QED) is 0.400. The van der Waals surface area contributed by atoms with E-state index in [4.69, 9.17) is 16.3 Å². The van der Waals surface area contributed by atoms with Crippen LogP contribution in [0.25, 0.3) is 11.3 Å². The Labute approximate surface area is 183 Å². The Morgan fingerprint density at radius 3 is 2.63 bits per heavy atom. The van der Waals surface area contributed by atoms with Crippen molar-refractivity contribution in [2.75, 3.05) is 5.32 Å². The molecule has 1 aromatic heterocycles. The minimum Gasteiger partial charge on any atom is -0.448 e. The Morgan fingerprint density at radius 1 is 0.933 bits per heavy atom. The van der Waals surface area contributed by atoms with Gasteiger partial charge in [-0.2, -0.15) is 4.98 Å². The first-order chi connectivity index (χ1) is 14.8. The molecule has 7 heteroatoms. The predicted octanol–water partition coefficient (Wildman–Crippen LogP) is 5.99. The Kier molecular flexibility index (Phi) is 5.26. The van der Waals surface area contributed by atoms with E-state index in [1.807, 2.05) is 66.7 Å². The third kappa shape index (κ3) is 3.97. The van der Waals surface area contributed by atoms with Crippen LogP contribution in [0, 0.1) is 0 Å². The molecule has 0 saturated heterocycles. The molecule has 0 bridgehead atoms. The van der Waals surface area contributed by atoms with Gasteiger partial charge in [-0.25, -0.2) is 0 Å². The number of para-hydroxylation sites is 1. The molecule has 0 saturated carbocycles. The maximum absolute atomic E-state index is 6.28. The number of anilines is 1. The van der Waals surface area contributed by atoms with Gasteiger partial charge in [0.2, 0.25) is 11.0 Å². The summed E-state index contributed by atoms with van der Waals surface area (Å²) < 4.78 is 6.28. The normalized spacial score (nSPS) is 14.6. The molecule has 2 heterocycles. The van der Waals surface area contributed by atoms with Crippen LogP contribution in [0.1, 0.15) is 17.4 Å². The number of halogens is 1. The van der Waals surface area contributed by atoms with E-state index in [1.54, 1.807) is 0 Å². The molecule has 148 valence electrons. The van der Waals surface area contributed by atoms with Gasteiger partial charge in [0.1, 0.15) is 0 Å². The van der Waals surface area contributed by atoms with Gasteiger partial charge in [0.05, 0.1) is 0 Å². The van der Waals surface area contributed by atoms with Gasteiger partial charge in [-0.3, -0.25) is 0 Å². The Hall–Kier alpha value is -3.09. The highest BCUT2D eigenvalue weighted by atomic mass is 35.5. The third-order valence-electron chi connectivity index (χ3n) is 4.70. The fourth-order valence-electron chi connectivity index (χ4n) is 3.25. The number of aromatic nitrogens is 3. The van der Waals surface area contributed by atoms with Crippen LogP contribution in [-0.4, -0.2) is 15.2 Å². The SMILES string of the molecule is Clc1cccc(C2Nc3ccccc3-c3nnc(SCc4ccccc4)nc3O2)c1. The van der Waals surface area contributed by atoms with Crippen molar-refractivity contribution in [1.29, 1.82) is 0 Å². The summed E-state index contributed by atoms with van der Waals surface area (Å²) in [5.74, 6) is 1.21. The maximum Gasteiger partial charge on any atom is 0.247 e. The number of benzene rings is 3. The number of fused-ring (bicyclic) bond motifs is 3. The molecule has 0 fully saturated rings. The molecule has 0 radical (unpaired) electrons. The summed E-state index contributed by atoms with van der Waals surface area (Å²) in [5.41, 5.74) is 4.53. The van der Waals surface area contributed by atoms with Gasteiger partial charge in [0.25, 0.3) is 0 Å². The molecule has 1 N–H and O–H groups in total. The summed E-state index contributed by atoms with van der Waals surface area (Å²) >= 11 is 7.73. The molecule has 1 aliphatic heterocycles. The lowest BCUT2D eigenvalue weighted by Crippen LogP contribution is -2.17. The summed E-state index contributed by atoms with van der Waals surface area (Å²) in [7, 11) is 0. The number of hydrogen-bond acceptors (Lipinski definition) is 6. The van der Waals surface area contributed by atoms with Crippen LogP contribution in [0.4, 0.5) is 5.69 Å². The lowest BCUT2D eigenvalue weighted by Gasteiger charge is -2.19. The van der Waals surface area contributed by atoms with Crippen LogP contribution in [0.3, 0.4) is 0 Å². The van der Waals surface area contributed by atoms with Crippen LogP contribution in [0.2, 0.25) is 5.02 Å². The molecule has 0 amide bonds. The van der Waals surface area contributed by atoms with E-state index < -0.39 is 6.23 Å². The van der Waals surface area contributed by atoms with E-state index in [1.165, 1.54) is 17.3 Å². The van der Waals surface area contributed by atoms with Crippen molar-refractivity contribution in [1.82, 2.24) is 15.2 Å². The molecule has 1 unspecified atom stereocenters. The van der Waals surface area contributed by atoms with Crippen molar-refractivity contribution in [3.8, 4) is 17.1 Å². The van der Waals surface area contributed by atoms with Gasteiger partial charge in [-0.15, -0.1) is 10.2 Å². The largest absolute Gasteiger partial charge is 0.448 e. The predicted molar refractivity (Wildman–Crippen MR) is 120 cm³/mol. The number of nitrogens with one attached hydrogen (secondary N) is 1. The maximum atomic E-state index is 6.28. The minimum absolute atomic E-state index is 0.447. The molecule has 1 atom stereocenters. The number of hydrogen-bond donors (Lipinski definition) is 1. The second-order valence-electron chi connectivity index (χ2n) is 6.77. The van der Waals surface area contributed by atoms with Crippen molar-refractivity contribution in [3.05, 3.63) is 95.0 Å². The lowest BCUT2D eigenvalue weighted by atomic mass is 10.1. The summed E-state index contributed by atoms with van der Waals surface area (Å²) in [4.78, 5) is 4.68. The smallest absolute Gasteiger partial charge is 0.247 e. The number of rotatable bonds is 4. The number of thioether (sulfide) groups is 1. The highest BCUT2D eigenvalue weighted by molar-refractivity contribution is 7.98. The summed E-state index contributed by atoms with van der Waals surface area (Å²) in [5, 5.41) is 13.4. The first kappa shape index (κ1) is 18.9. The van der Waals surface area contributed by atoms with Gasteiger partial charge in [-0.1, -0.05) is 84.0 Å². The second-order valence-corrected chi connectivity index (χ2v) is 8.14. The molecule has 0 aliphatic carbocycles. The van der Waals surface area contributed by atoms with Crippen LogP contribution in [0.5, 0.6) is 5.88 Å². The van der Waals surface area contributed by atoms with Crippen molar-refractivity contribution in [3.63, 3.8) is 0 Å². The highest BCUT2D eigenvalue weighted by Crippen LogP contribution is 2.39. The second kappa shape index (κ2) is 8.34. The van der Waals surface area contributed by atoms with E-state index in [9.17, 15) is 0 Å². The van der Waals surface area contributed by atoms with Gasteiger partial charge in [0, 0.05) is 27.6 Å². The molecule has 3 aromatic carbocycles. The van der Waals surface area contributed by atoms with E-state index in [2.05, 4.69) is 32.6 Å². The third-order valence-corrected chi connectivity index (χ3v) is 5.84. The van der Waals surface area contributed by atoms with Crippen LogP contribution in [-0.2, 0) is 5.75 Å². The van der Waals surface area contributed by atoms with Gasteiger partial charge >= 0.3 is 0 Å². The molecule has 0 spiro atoms. The molecular weight excluding hydrogens is 416 g/mol. The van der Waals surface area contributed by atoms with Crippen molar-refractivity contribution < 1.29 is 4.74 Å². The Balaban J connectivity index is 1.51. The summed E-state index contributed by atoms with van der Waals surface area (Å²) in [6.45, 7) is 0. The fraction of sp³-hybridized carbons (Fsp3) is 0.0870. The monoisotopic (exact) mass is 432 g/mol. The van der Waals surface area contributed by atoms with Crippen molar-refractivity contribution >= 4 is 29.1 Å². The fourth-order valence-corrected chi connectivity index (χ4v) is 4.18. The molecule has 5 nitrogen and oxygen atoms in total. The standard InChI is InChI=1S/C23H17ClN4OS/c24-17-10-6-9-16(13-17)21-25-19-12-5-4-11-18(19)20-22(29-21)26-23(28-27-20)30-14-15-7-2-1-3-8-15/h1-13,21,25H,14H2. The van der Waals surface area contributed by atoms with Crippen LogP contribution in [0.15, 0.2) is 84.0 Å². The molecule has 4 aromatic rings. The van der Waals surface area contributed by atoms with E-state index in [0.29, 0.717) is 21.8 Å². The van der Waals surface area contributed by atoms with E-state index >= 15 is 0 Å². The first-order valence-corrected chi connectivity index (χ1v) is 10.8. The average Bonchev–Trinajstić information content (AvgIpc) is 2.95. The number of nitrogens with zero attached hydrogens (tertiary/aromatic N) is 3. The number of ether oxygens (including phenoxy) is 1. The molecule has 30 heavy (non-hydrogen) atoms. The highest BCUT2D eigenvalue weighted by Gasteiger charge is 2.26. The van der Waals surface area contributed by atoms with Crippen LogP contribution < -0.4 is 10.1 Å². The van der Waals surface area contributed by atoms with E-state index in [-0.39, 0.29) is 0 Å². The van der Waals surface area contributed by atoms with Crippen molar-refractivity contribution in [2.45, 2.75) is 17.1 Å². The molecular formula is C23H17ClN4OS. The zero-order valence-electron chi connectivity index (χ0n) is 15.8. The molecule has 5 rings (SSSR count). The molecule has 1 aliphatic rings. The van der Waals surface area contributed by atoms with Crippen molar-refractivity contribution in [2.24, 2.45) is 0 Å². The first-order valence-electron chi connectivity index (χ1n) is 9.46. The Bertz CT molecular complexity index is 1190. The summed E-state index contributed by atoms with van der Waals surface area (Å²) in [6, 6.07) is 25.7. The minimum atomic E-state index is -0.449. The summed E-state index contributed by atoms with van der Waals surface area (Å²) in [6.07, 6.45) is -0.449. The lowest BCUT2D eigenvalue weighted by molar-refractivity contribution is 0.225. The van der Waals surface area contributed by atoms with Gasteiger partial charge in [0.15, 0.2) is 11.9 Å².